The van der Waals surface area contributed by atoms with Crippen molar-refractivity contribution in [3.63, 3.8) is 0 Å². The number of carbonyl (C=O) groups is 2. The third-order valence-corrected chi connectivity index (χ3v) is 2.84. The van der Waals surface area contributed by atoms with Crippen molar-refractivity contribution in [2.75, 3.05) is 6.54 Å². The first-order valence-electron chi connectivity index (χ1n) is 5.20. The molecule has 1 saturated carbocycles. The van der Waals surface area contributed by atoms with Crippen LogP contribution in [0, 0.1) is 5.92 Å². The van der Waals surface area contributed by atoms with Crippen molar-refractivity contribution in [3.8, 4) is 0 Å². The largest absolute Gasteiger partial charge is 0.345 e. The lowest BCUT2D eigenvalue weighted by Crippen LogP contribution is -2.60. The Morgan fingerprint density at radius 1 is 1.36 bits per heavy atom. The van der Waals surface area contributed by atoms with E-state index < -0.39 is 0 Å². The zero-order valence-electron chi connectivity index (χ0n) is 8.62. The Kier molecular flexibility index (Phi) is 2.21. The van der Waals surface area contributed by atoms with Crippen LogP contribution in [0.1, 0.15) is 26.7 Å². The van der Waals surface area contributed by atoms with Crippen molar-refractivity contribution in [1.82, 2.24) is 10.2 Å². The second kappa shape index (κ2) is 3.26. The van der Waals surface area contributed by atoms with E-state index in [0.717, 1.165) is 12.8 Å². The van der Waals surface area contributed by atoms with Gasteiger partial charge in [0.05, 0.1) is 6.54 Å². The highest BCUT2D eigenvalue weighted by Crippen LogP contribution is 2.31. The van der Waals surface area contributed by atoms with E-state index in [1.165, 1.54) is 0 Å². The molecule has 1 unspecified atom stereocenters. The van der Waals surface area contributed by atoms with Crippen molar-refractivity contribution in [2.24, 2.45) is 5.92 Å². The molecule has 2 fully saturated rings. The molecule has 0 spiro atoms. The van der Waals surface area contributed by atoms with Crippen molar-refractivity contribution >= 4 is 11.8 Å². The molecule has 1 saturated heterocycles. The van der Waals surface area contributed by atoms with Gasteiger partial charge in [0.15, 0.2) is 0 Å². The highest BCUT2D eigenvalue weighted by molar-refractivity contribution is 5.95. The monoisotopic (exact) mass is 196 g/mol. The SMILES string of the molecule is CC(C)C1C(=O)NCC(=O)N1C1CC1. The number of nitrogens with one attached hydrogen (secondary N) is 1. The van der Waals surface area contributed by atoms with Gasteiger partial charge in [0.2, 0.25) is 11.8 Å². The summed E-state index contributed by atoms with van der Waals surface area (Å²) in [6.45, 7) is 4.15. The number of hydrogen-bond donors (Lipinski definition) is 1. The third-order valence-electron chi connectivity index (χ3n) is 2.84. The van der Waals surface area contributed by atoms with Crippen LogP contribution in [-0.4, -0.2) is 35.3 Å². The van der Waals surface area contributed by atoms with E-state index in [-0.39, 0.29) is 30.3 Å². The van der Waals surface area contributed by atoms with E-state index in [2.05, 4.69) is 5.32 Å². The summed E-state index contributed by atoms with van der Waals surface area (Å²) in [7, 11) is 0. The van der Waals surface area contributed by atoms with Crippen LogP contribution in [0.3, 0.4) is 0 Å². The fourth-order valence-electron chi connectivity index (χ4n) is 2.05. The topological polar surface area (TPSA) is 49.4 Å². The Bertz CT molecular complexity index is 251. The van der Waals surface area contributed by atoms with Crippen molar-refractivity contribution in [2.45, 2.75) is 38.8 Å². The Hall–Kier alpha value is -1.06. The maximum Gasteiger partial charge on any atom is 0.243 e. The quantitative estimate of drug-likeness (QED) is 0.682. The van der Waals surface area contributed by atoms with Crippen LogP contribution in [-0.2, 0) is 9.59 Å². The molecule has 4 nitrogen and oxygen atoms in total. The first-order valence-corrected chi connectivity index (χ1v) is 5.20. The van der Waals surface area contributed by atoms with Gasteiger partial charge in [0.1, 0.15) is 6.04 Å². The molecule has 0 radical (unpaired) electrons. The summed E-state index contributed by atoms with van der Waals surface area (Å²) in [6, 6.07) is 0.0877. The van der Waals surface area contributed by atoms with Gasteiger partial charge in [-0.15, -0.1) is 0 Å². The van der Waals surface area contributed by atoms with E-state index in [9.17, 15) is 9.59 Å². The van der Waals surface area contributed by atoms with Gasteiger partial charge < -0.3 is 10.2 Å². The van der Waals surface area contributed by atoms with Crippen LogP contribution < -0.4 is 5.32 Å². The molecule has 2 amide bonds. The van der Waals surface area contributed by atoms with Gasteiger partial charge in [-0.25, -0.2) is 0 Å². The predicted molar refractivity (Wildman–Crippen MR) is 51.5 cm³/mol. The second-order valence-electron chi connectivity index (χ2n) is 4.44. The molecular weight excluding hydrogens is 180 g/mol. The van der Waals surface area contributed by atoms with Crippen LogP contribution in [0.4, 0.5) is 0 Å². The summed E-state index contributed by atoms with van der Waals surface area (Å²) < 4.78 is 0. The van der Waals surface area contributed by atoms with E-state index in [0.29, 0.717) is 6.04 Å². The van der Waals surface area contributed by atoms with Gasteiger partial charge in [-0.3, -0.25) is 9.59 Å². The molecule has 14 heavy (non-hydrogen) atoms. The van der Waals surface area contributed by atoms with Crippen molar-refractivity contribution < 1.29 is 9.59 Å². The summed E-state index contributed by atoms with van der Waals surface area (Å²) in [6.07, 6.45) is 2.12. The van der Waals surface area contributed by atoms with Gasteiger partial charge >= 0.3 is 0 Å². The fourth-order valence-corrected chi connectivity index (χ4v) is 2.05. The number of carbonyl (C=O) groups excluding carboxylic acids is 2. The summed E-state index contributed by atoms with van der Waals surface area (Å²) >= 11 is 0. The summed E-state index contributed by atoms with van der Waals surface area (Å²) in [5, 5.41) is 2.65. The standard InChI is InChI=1S/C10H16N2O2/c1-6(2)9-10(14)11-5-8(13)12(9)7-3-4-7/h6-7,9H,3-5H2,1-2H3,(H,11,14). The number of amides is 2. The average molecular weight is 196 g/mol. The zero-order chi connectivity index (χ0) is 10.3. The average Bonchev–Trinajstić information content (AvgIpc) is 2.91. The van der Waals surface area contributed by atoms with Crippen LogP contribution in [0.2, 0.25) is 0 Å². The van der Waals surface area contributed by atoms with Crippen LogP contribution in [0.25, 0.3) is 0 Å². The second-order valence-corrected chi connectivity index (χ2v) is 4.44. The predicted octanol–water partition coefficient (Wildman–Crippen LogP) is 0.132. The van der Waals surface area contributed by atoms with Crippen LogP contribution >= 0.6 is 0 Å². The molecule has 78 valence electrons. The molecule has 4 heteroatoms. The first-order chi connectivity index (χ1) is 6.61. The van der Waals surface area contributed by atoms with Crippen LogP contribution in [0.15, 0.2) is 0 Å². The lowest BCUT2D eigenvalue weighted by Gasteiger charge is -2.37. The summed E-state index contributed by atoms with van der Waals surface area (Å²) in [5.41, 5.74) is 0. The number of nitrogens with zero attached hydrogens (tertiary/aromatic N) is 1. The summed E-state index contributed by atoms with van der Waals surface area (Å²) in [5.74, 6) is 0.275. The van der Waals surface area contributed by atoms with E-state index in [1.54, 1.807) is 4.90 Å². The molecule has 0 bridgehead atoms. The molecule has 1 atom stereocenters. The molecule has 1 heterocycles. The first kappa shape index (κ1) is 9.49. The lowest BCUT2D eigenvalue weighted by atomic mass is 9.99. The molecule has 0 aromatic carbocycles. The minimum atomic E-state index is -0.247. The van der Waals surface area contributed by atoms with Gasteiger partial charge in [0.25, 0.3) is 0 Å². The molecule has 1 aliphatic carbocycles. The van der Waals surface area contributed by atoms with Gasteiger partial charge in [-0.1, -0.05) is 13.8 Å². The minimum absolute atomic E-state index is 0.00602. The molecule has 1 N–H and O–H groups in total. The Labute approximate surface area is 83.6 Å². The Morgan fingerprint density at radius 2 is 2.00 bits per heavy atom. The van der Waals surface area contributed by atoms with E-state index in [1.807, 2.05) is 13.8 Å². The maximum atomic E-state index is 11.6. The van der Waals surface area contributed by atoms with E-state index in [4.69, 9.17) is 0 Å². The molecule has 2 aliphatic rings. The molecule has 1 aliphatic heterocycles. The normalized spacial score (nSPS) is 28.2. The number of piperazine rings is 1. The van der Waals surface area contributed by atoms with Gasteiger partial charge in [-0.05, 0) is 18.8 Å². The van der Waals surface area contributed by atoms with Crippen molar-refractivity contribution in [3.05, 3.63) is 0 Å². The summed E-state index contributed by atoms with van der Waals surface area (Å²) in [4.78, 5) is 25.1. The van der Waals surface area contributed by atoms with Gasteiger partial charge in [-0.2, -0.15) is 0 Å². The molecular formula is C10H16N2O2. The number of rotatable bonds is 2. The molecule has 0 aromatic rings. The maximum absolute atomic E-state index is 11.6. The van der Waals surface area contributed by atoms with Crippen molar-refractivity contribution in [1.29, 1.82) is 0 Å². The van der Waals surface area contributed by atoms with Crippen LogP contribution in [0.5, 0.6) is 0 Å². The smallest absolute Gasteiger partial charge is 0.243 e. The number of hydrogen-bond acceptors (Lipinski definition) is 2. The van der Waals surface area contributed by atoms with Gasteiger partial charge in [0, 0.05) is 6.04 Å². The molecule has 0 aromatic heterocycles. The van der Waals surface area contributed by atoms with E-state index >= 15 is 0 Å². The highest BCUT2D eigenvalue weighted by atomic mass is 16.2. The minimum Gasteiger partial charge on any atom is -0.345 e. The highest BCUT2D eigenvalue weighted by Gasteiger charge is 2.44. The fraction of sp³-hybridized carbons (Fsp3) is 0.800. The Morgan fingerprint density at radius 3 is 2.50 bits per heavy atom. The lowest BCUT2D eigenvalue weighted by molar-refractivity contribution is -0.148. The Balaban J connectivity index is 2.20. The molecule has 2 rings (SSSR count). The zero-order valence-corrected chi connectivity index (χ0v) is 8.62. The third kappa shape index (κ3) is 1.49.